The Morgan fingerprint density at radius 1 is 1.10 bits per heavy atom. The molecule has 0 saturated carbocycles. The molecule has 1 fully saturated rings. The average Bonchev–Trinajstić information content (AvgIpc) is 3.07. The summed E-state index contributed by atoms with van der Waals surface area (Å²) in [4.78, 5) is 23.7. The summed E-state index contributed by atoms with van der Waals surface area (Å²) in [6.45, 7) is 0. The largest absolute Gasteiger partial charge is 0.437 e. The summed E-state index contributed by atoms with van der Waals surface area (Å²) >= 11 is 7.23. The van der Waals surface area contributed by atoms with Crippen LogP contribution in [0, 0.1) is 0 Å². The Bertz CT molecular complexity index is 1150. The van der Waals surface area contributed by atoms with Gasteiger partial charge >= 0.3 is 0 Å². The first-order valence-electron chi connectivity index (χ1n) is 9.33. The number of carbonyl (C=O) groups is 2. The maximum absolute atomic E-state index is 12.2. The van der Waals surface area contributed by atoms with Gasteiger partial charge < -0.3 is 4.74 Å². The van der Waals surface area contributed by atoms with Crippen molar-refractivity contribution in [3.63, 3.8) is 0 Å². The third-order valence-corrected chi connectivity index (χ3v) is 6.77. The van der Waals surface area contributed by atoms with Crippen LogP contribution in [0.15, 0.2) is 42.5 Å². The van der Waals surface area contributed by atoms with Gasteiger partial charge in [-0.2, -0.15) is 0 Å². The Morgan fingerprint density at radius 3 is 2.72 bits per heavy atom. The van der Waals surface area contributed by atoms with Gasteiger partial charge in [-0.3, -0.25) is 14.9 Å². The summed E-state index contributed by atoms with van der Waals surface area (Å²) in [5.74, 6) is 0.890. The van der Waals surface area contributed by atoms with Crippen LogP contribution < -0.4 is 10.1 Å². The van der Waals surface area contributed by atoms with Crippen LogP contribution >= 0.6 is 23.4 Å². The Labute approximate surface area is 176 Å². The highest BCUT2D eigenvalue weighted by Gasteiger charge is 2.40. The van der Waals surface area contributed by atoms with Crippen LogP contribution in [-0.4, -0.2) is 26.6 Å². The summed E-state index contributed by atoms with van der Waals surface area (Å²) in [7, 11) is 0. The number of nitrogens with zero attached hydrogens (tertiary/aromatic N) is 2. The highest BCUT2D eigenvalue weighted by Crippen LogP contribution is 2.42. The molecule has 1 N–H and O–H groups in total. The highest BCUT2D eigenvalue weighted by atomic mass is 35.5. The highest BCUT2D eigenvalue weighted by molar-refractivity contribution is 8.15. The van der Waals surface area contributed by atoms with E-state index in [1.54, 1.807) is 0 Å². The number of halogens is 1. The van der Waals surface area contributed by atoms with Crippen molar-refractivity contribution in [3.8, 4) is 11.6 Å². The van der Waals surface area contributed by atoms with Crippen LogP contribution in [0.5, 0.6) is 11.6 Å². The van der Waals surface area contributed by atoms with E-state index in [4.69, 9.17) is 16.3 Å². The molecular formula is C21H16ClN3O3S. The number of nitrogens with one attached hydrogen (secondary N) is 1. The van der Waals surface area contributed by atoms with Gasteiger partial charge in [0.05, 0.1) is 0 Å². The fourth-order valence-electron chi connectivity index (χ4n) is 4.07. The van der Waals surface area contributed by atoms with E-state index < -0.39 is 0 Å². The van der Waals surface area contributed by atoms with E-state index in [1.165, 1.54) is 0 Å². The van der Waals surface area contributed by atoms with Gasteiger partial charge in [-0.05, 0) is 48.6 Å². The second-order valence-corrected chi connectivity index (χ2v) is 8.59. The predicted molar refractivity (Wildman–Crippen MR) is 112 cm³/mol. The number of aromatic nitrogens is 2. The second kappa shape index (κ2) is 7.31. The van der Waals surface area contributed by atoms with Crippen molar-refractivity contribution in [2.24, 2.45) is 0 Å². The average molecular weight is 426 g/mol. The molecule has 1 aromatic heterocycles. The first-order chi connectivity index (χ1) is 14.1. The molecule has 2 heterocycles. The summed E-state index contributed by atoms with van der Waals surface area (Å²) in [6, 6.07) is 13.4. The fourth-order valence-corrected chi connectivity index (χ4v) is 5.28. The maximum atomic E-state index is 12.2. The molecule has 2 amide bonds. The van der Waals surface area contributed by atoms with Crippen molar-refractivity contribution in [2.75, 3.05) is 0 Å². The Balaban J connectivity index is 1.47. The zero-order valence-electron chi connectivity index (χ0n) is 15.2. The van der Waals surface area contributed by atoms with E-state index in [0.717, 1.165) is 52.9 Å². The smallest absolute Gasteiger partial charge is 0.286 e. The standard InChI is InChI=1S/C21H16ClN3O3S/c22-18-15-5-1-2-6-16(15)20(25-24-18)28-12-8-9-13-11(10-12)4-3-7-14(13)17-19(26)23-21(27)29-17/h1-2,5-6,8-10,14,17H,3-4,7H2,(H,23,26,27)/t14-,17?/m1/s1. The maximum Gasteiger partial charge on any atom is 0.286 e. The molecule has 29 heavy (non-hydrogen) atoms. The molecule has 0 radical (unpaired) electrons. The van der Waals surface area contributed by atoms with Gasteiger partial charge in [0.15, 0.2) is 5.15 Å². The van der Waals surface area contributed by atoms with Crippen molar-refractivity contribution >= 4 is 45.3 Å². The number of ether oxygens (including phenoxy) is 1. The van der Waals surface area contributed by atoms with Gasteiger partial charge in [0.25, 0.3) is 5.24 Å². The topological polar surface area (TPSA) is 81.2 Å². The van der Waals surface area contributed by atoms with E-state index in [0.29, 0.717) is 16.8 Å². The lowest BCUT2D eigenvalue weighted by molar-refractivity contribution is -0.119. The Morgan fingerprint density at radius 2 is 1.93 bits per heavy atom. The number of hydrogen-bond acceptors (Lipinski definition) is 6. The SMILES string of the molecule is O=C1NC(=O)C([C@@H]2CCCc3cc(Oc4nnc(Cl)c5ccccc45)ccc32)S1. The number of benzene rings is 2. The number of aryl methyl sites for hydroxylation is 1. The number of hydrogen-bond donors (Lipinski definition) is 1. The second-order valence-electron chi connectivity index (χ2n) is 7.12. The van der Waals surface area contributed by atoms with E-state index in [1.807, 2.05) is 42.5 Å². The summed E-state index contributed by atoms with van der Waals surface area (Å²) in [5, 5.41) is 11.8. The molecular weight excluding hydrogens is 410 g/mol. The summed E-state index contributed by atoms with van der Waals surface area (Å²) in [5.41, 5.74) is 2.25. The van der Waals surface area contributed by atoms with Crippen LogP contribution in [0.2, 0.25) is 5.15 Å². The van der Waals surface area contributed by atoms with Gasteiger partial charge in [0.1, 0.15) is 11.0 Å². The lowest BCUT2D eigenvalue weighted by Crippen LogP contribution is -2.30. The monoisotopic (exact) mass is 425 g/mol. The molecule has 2 atom stereocenters. The fraction of sp³-hybridized carbons (Fsp3) is 0.238. The number of rotatable bonds is 3. The van der Waals surface area contributed by atoms with E-state index >= 15 is 0 Å². The minimum Gasteiger partial charge on any atom is -0.437 e. The molecule has 3 aromatic rings. The lowest BCUT2D eigenvalue weighted by Gasteiger charge is -2.28. The van der Waals surface area contributed by atoms with E-state index in [9.17, 15) is 9.59 Å². The molecule has 0 bridgehead atoms. The zero-order chi connectivity index (χ0) is 20.0. The van der Waals surface area contributed by atoms with Crippen molar-refractivity contribution < 1.29 is 14.3 Å². The van der Waals surface area contributed by atoms with Gasteiger partial charge in [-0.25, -0.2) is 0 Å². The first-order valence-corrected chi connectivity index (χ1v) is 10.6. The van der Waals surface area contributed by atoms with Crippen LogP contribution in [0.3, 0.4) is 0 Å². The van der Waals surface area contributed by atoms with Crippen LogP contribution in [0.1, 0.15) is 29.9 Å². The molecule has 5 rings (SSSR count). The van der Waals surface area contributed by atoms with E-state index in [-0.39, 0.29) is 22.3 Å². The first kappa shape index (κ1) is 18.4. The number of carbonyl (C=O) groups excluding carboxylic acids is 2. The normalized spacial score (nSPS) is 21.1. The lowest BCUT2D eigenvalue weighted by atomic mass is 9.80. The number of thioether (sulfide) groups is 1. The third-order valence-electron chi connectivity index (χ3n) is 5.38. The number of imide groups is 1. The molecule has 1 aliphatic carbocycles. The van der Waals surface area contributed by atoms with Gasteiger partial charge in [-0.15, -0.1) is 10.2 Å². The van der Waals surface area contributed by atoms with Crippen molar-refractivity contribution in [1.29, 1.82) is 0 Å². The molecule has 1 saturated heterocycles. The number of amides is 2. The Hall–Kier alpha value is -2.64. The zero-order valence-corrected chi connectivity index (χ0v) is 16.8. The molecule has 146 valence electrons. The molecule has 0 spiro atoms. The molecule has 1 aliphatic heterocycles. The van der Waals surface area contributed by atoms with Crippen molar-refractivity contribution in [1.82, 2.24) is 15.5 Å². The van der Waals surface area contributed by atoms with Gasteiger partial charge in [0, 0.05) is 16.7 Å². The Kier molecular flexibility index (Phi) is 4.64. The summed E-state index contributed by atoms with van der Waals surface area (Å²) in [6.07, 6.45) is 2.76. The van der Waals surface area contributed by atoms with Gasteiger partial charge in [0.2, 0.25) is 11.8 Å². The molecule has 6 nitrogen and oxygen atoms in total. The van der Waals surface area contributed by atoms with Crippen LogP contribution in [0.4, 0.5) is 4.79 Å². The quantitative estimate of drug-likeness (QED) is 0.646. The molecule has 2 aliphatic rings. The van der Waals surface area contributed by atoms with Gasteiger partial charge in [-0.1, -0.05) is 47.6 Å². The van der Waals surface area contributed by atoms with Crippen molar-refractivity contribution in [3.05, 3.63) is 58.7 Å². The molecule has 1 unspecified atom stereocenters. The molecule has 2 aromatic carbocycles. The van der Waals surface area contributed by atoms with Crippen molar-refractivity contribution in [2.45, 2.75) is 30.4 Å². The third kappa shape index (κ3) is 3.34. The predicted octanol–water partition coefficient (Wildman–Crippen LogP) is 4.85. The minimum absolute atomic E-state index is 0.0282. The van der Waals surface area contributed by atoms with Crippen LogP contribution in [0.25, 0.3) is 10.8 Å². The van der Waals surface area contributed by atoms with E-state index in [2.05, 4.69) is 15.5 Å². The number of fused-ring (bicyclic) bond motifs is 2. The van der Waals surface area contributed by atoms with Crippen LogP contribution in [-0.2, 0) is 11.2 Å². The minimum atomic E-state index is -0.362. The molecule has 8 heteroatoms. The summed E-state index contributed by atoms with van der Waals surface area (Å²) < 4.78 is 6.04.